The fourth-order valence-corrected chi connectivity index (χ4v) is 5.24. The van der Waals surface area contributed by atoms with E-state index < -0.39 is 16.1 Å². The van der Waals surface area contributed by atoms with E-state index >= 15 is 0 Å². The van der Waals surface area contributed by atoms with Gasteiger partial charge in [-0.3, -0.25) is 4.79 Å². The Morgan fingerprint density at radius 1 is 1.25 bits per heavy atom. The SMILES string of the molecule is CCCS(=O)(=O)N1CCCC1C(=O)NCc1c(C)cc(C)cc1C. The number of aryl methyl sites for hydroxylation is 3. The van der Waals surface area contributed by atoms with Gasteiger partial charge in [-0.2, -0.15) is 4.31 Å². The molecule has 1 aliphatic heterocycles. The van der Waals surface area contributed by atoms with Gasteiger partial charge in [0.1, 0.15) is 6.04 Å². The Labute approximate surface area is 145 Å². The molecule has 0 spiro atoms. The zero-order valence-corrected chi connectivity index (χ0v) is 15.9. The number of sulfonamides is 1. The number of nitrogens with zero attached hydrogens (tertiary/aromatic N) is 1. The van der Waals surface area contributed by atoms with Crippen LogP contribution in [-0.2, 0) is 21.4 Å². The van der Waals surface area contributed by atoms with Gasteiger partial charge in [0.2, 0.25) is 15.9 Å². The van der Waals surface area contributed by atoms with Crippen LogP contribution in [0.15, 0.2) is 12.1 Å². The molecule has 2 rings (SSSR count). The van der Waals surface area contributed by atoms with Gasteiger partial charge in [-0.15, -0.1) is 0 Å². The van der Waals surface area contributed by atoms with Crippen molar-refractivity contribution >= 4 is 15.9 Å². The van der Waals surface area contributed by atoms with Crippen LogP contribution in [0.1, 0.15) is 48.4 Å². The van der Waals surface area contributed by atoms with Crippen LogP contribution in [-0.4, -0.2) is 37.0 Å². The van der Waals surface area contributed by atoms with Gasteiger partial charge in [-0.25, -0.2) is 8.42 Å². The summed E-state index contributed by atoms with van der Waals surface area (Å²) in [6.07, 6.45) is 1.90. The van der Waals surface area contributed by atoms with Crippen molar-refractivity contribution < 1.29 is 13.2 Å². The summed E-state index contributed by atoms with van der Waals surface area (Å²) in [4.78, 5) is 12.6. The van der Waals surface area contributed by atoms with Crippen molar-refractivity contribution in [2.24, 2.45) is 0 Å². The molecule has 1 aliphatic rings. The van der Waals surface area contributed by atoms with E-state index in [9.17, 15) is 13.2 Å². The Kier molecular flexibility index (Phi) is 6.04. The van der Waals surface area contributed by atoms with Crippen LogP contribution in [0.3, 0.4) is 0 Å². The summed E-state index contributed by atoms with van der Waals surface area (Å²) in [5.74, 6) is -0.0843. The predicted octanol–water partition coefficient (Wildman–Crippen LogP) is 2.43. The highest BCUT2D eigenvalue weighted by Gasteiger charge is 2.37. The molecule has 0 saturated carbocycles. The lowest BCUT2D eigenvalue weighted by atomic mass is 10.00. The fraction of sp³-hybridized carbons (Fsp3) is 0.611. The number of nitrogens with one attached hydrogen (secondary N) is 1. The fourth-order valence-electron chi connectivity index (χ4n) is 3.49. The van der Waals surface area contributed by atoms with Crippen LogP contribution in [0.4, 0.5) is 0 Å². The number of carbonyl (C=O) groups excluding carboxylic acids is 1. The molecule has 0 aliphatic carbocycles. The minimum atomic E-state index is -3.34. The van der Waals surface area contributed by atoms with Crippen molar-refractivity contribution in [1.29, 1.82) is 0 Å². The Morgan fingerprint density at radius 2 is 1.88 bits per heavy atom. The van der Waals surface area contributed by atoms with E-state index in [1.54, 1.807) is 0 Å². The molecule has 1 saturated heterocycles. The number of hydrogen-bond donors (Lipinski definition) is 1. The van der Waals surface area contributed by atoms with Crippen LogP contribution in [0, 0.1) is 20.8 Å². The summed E-state index contributed by atoms with van der Waals surface area (Å²) in [5.41, 5.74) is 4.60. The van der Waals surface area contributed by atoms with Gasteiger partial charge in [0, 0.05) is 13.1 Å². The van der Waals surface area contributed by atoms with Crippen molar-refractivity contribution in [2.45, 2.75) is 59.5 Å². The molecule has 0 aromatic heterocycles. The van der Waals surface area contributed by atoms with E-state index in [0.717, 1.165) is 23.1 Å². The summed E-state index contributed by atoms with van der Waals surface area (Å²) < 4.78 is 26.0. The van der Waals surface area contributed by atoms with Crippen LogP contribution >= 0.6 is 0 Å². The molecule has 5 nitrogen and oxygen atoms in total. The van der Waals surface area contributed by atoms with Crippen molar-refractivity contribution in [3.8, 4) is 0 Å². The van der Waals surface area contributed by atoms with Crippen LogP contribution in [0.2, 0.25) is 0 Å². The molecule has 6 heteroatoms. The Morgan fingerprint density at radius 3 is 2.46 bits per heavy atom. The molecule has 134 valence electrons. The minimum absolute atomic E-state index is 0.104. The van der Waals surface area contributed by atoms with E-state index in [0.29, 0.717) is 25.9 Å². The molecule has 1 aromatic carbocycles. The minimum Gasteiger partial charge on any atom is -0.351 e. The molecule has 1 atom stereocenters. The van der Waals surface area contributed by atoms with Crippen molar-refractivity contribution in [2.75, 3.05) is 12.3 Å². The lowest BCUT2D eigenvalue weighted by molar-refractivity contribution is -0.124. The Bertz CT molecular complexity index is 690. The third-order valence-electron chi connectivity index (χ3n) is 4.61. The summed E-state index contributed by atoms with van der Waals surface area (Å²) in [7, 11) is -3.34. The van der Waals surface area contributed by atoms with Gasteiger partial charge >= 0.3 is 0 Å². The summed E-state index contributed by atoms with van der Waals surface area (Å²) in [6, 6.07) is 3.64. The topological polar surface area (TPSA) is 66.5 Å². The number of carbonyl (C=O) groups is 1. The van der Waals surface area contributed by atoms with Crippen LogP contribution in [0.5, 0.6) is 0 Å². The van der Waals surface area contributed by atoms with Gasteiger partial charge in [-0.05, 0) is 56.7 Å². The quantitative estimate of drug-likeness (QED) is 0.855. The number of hydrogen-bond acceptors (Lipinski definition) is 3. The Hall–Kier alpha value is -1.40. The number of rotatable bonds is 6. The molecule has 1 amide bonds. The average molecular weight is 353 g/mol. The molecule has 1 aromatic rings. The normalized spacial score (nSPS) is 18.8. The summed E-state index contributed by atoms with van der Waals surface area (Å²) in [6.45, 7) is 8.85. The maximum absolute atomic E-state index is 12.6. The molecule has 1 unspecified atom stereocenters. The van der Waals surface area contributed by atoms with Crippen LogP contribution in [0.25, 0.3) is 0 Å². The van der Waals surface area contributed by atoms with E-state index in [1.165, 1.54) is 9.87 Å². The second-order valence-electron chi connectivity index (χ2n) is 6.68. The lowest BCUT2D eigenvalue weighted by Gasteiger charge is -2.23. The molecule has 1 N–H and O–H groups in total. The molecule has 1 heterocycles. The van der Waals surface area contributed by atoms with Crippen molar-refractivity contribution in [3.63, 3.8) is 0 Å². The smallest absolute Gasteiger partial charge is 0.238 e. The van der Waals surface area contributed by atoms with E-state index in [4.69, 9.17) is 0 Å². The zero-order chi connectivity index (χ0) is 17.9. The maximum atomic E-state index is 12.6. The van der Waals surface area contributed by atoms with E-state index in [-0.39, 0.29) is 11.7 Å². The lowest BCUT2D eigenvalue weighted by Crippen LogP contribution is -2.46. The molecule has 1 fully saturated rings. The van der Waals surface area contributed by atoms with Crippen molar-refractivity contribution in [1.82, 2.24) is 9.62 Å². The molecule has 24 heavy (non-hydrogen) atoms. The zero-order valence-electron chi connectivity index (χ0n) is 15.1. The number of amides is 1. The second kappa shape index (κ2) is 7.66. The predicted molar refractivity (Wildman–Crippen MR) is 96.3 cm³/mol. The molecule has 0 radical (unpaired) electrons. The third-order valence-corrected chi connectivity index (χ3v) is 6.68. The first-order chi connectivity index (χ1) is 11.3. The molecule has 0 bridgehead atoms. The summed E-state index contributed by atoms with van der Waals surface area (Å²) in [5, 5.41) is 2.94. The first-order valence-corrected chi connectivity index (χ1v) is 10.2. The highest BCUT2D eigenvalue weighted by atomic mass is 32.2. The van der Waals surface area contributed by atoms with Crippen molar-refractivity contribution in [3.05, 3.63) is 34.4 Å². The Balaban J connectivity index is 2.07. The van der Waals surface area contributed by atoms with Gasteiger partial charge < -0.3 is 5.32 Å². The van der Waals surface area contributed by atoms with Gasteiger partial charge in [0.25, 0.3) is 0 Å². The van der Waals surface area contributed by atoms with E-state index in [2.05, 4.69) is 24.4 Å². The maximum Gasteiger partial charge on any atom is 0.238 e. The first kappa shape index (κ1) is 18.9. The summed E-state index contributed by atoms with van der Waals surface area (Å²) >= 11 is 0. The van der Waals surface area contributed by atoms with Gasteiger partial charge in [0.05, 0.1) is 5.75 Å². The van der Waals surface area contributed by atoms with Crippen LogP contribution < -0.4 is 5.32 Å². The molecular formula is C18H28N2O3S. The van der Waals surface area contributed by atoms with Gasteiger partial charge in [0.15, 0.2) is 0 Å². The average Bonchev–Trinajstić information content (AvgIpc) is 2.96. The third kappa shape index (κ3) is 4.16. The van der Waals surface area contributed by atoms with E-state index in [1.807, 2.05) is 20.8 Å². The molecular weight excluding hydrogens is 324 g/mol. The standard InChI is InChI=1S/C18H28N2O3S/c1-5-9-24(22,23)20-8-6-7-17(20)18(21)19-12-16-14(3)10-13(2)11-15(16)4/h10-11,17H,5-9,12H2,1-4H3,(H,19,21). The largest absolute Gasteiger partial charge is 0.351 e. The van der Waals surface area contributed by atoms with Gasteiger partial charge in [-0.1, -0.05) is 24.6 Å². The second-order valence-corrected chi connectivity index (χ2v) is 8.72. The highest BCUT2D eigenvalue weighted by molar-refractivity contribution is 7.89. The first-order valence-electron chi connectivity index (χ1n) is 8.60. The number of benzene rings is 1. The monoisotopic (exact) mass is 352 g/mol. The highest BCUT2D eigenvalue weighted by Crippen LogP contribution is 2.22.